The van der Waals surface area contributed by atoms with Crippen LogP contribution in [0.15, 0.2) is 18.2 Å². The molecule has 2 aliphatic heterocycles. The molecule has 0 aliphatic carbocycles. The van der Waals surface area contributed by atoms with Crippen LogP contribution in [0.2, 0.25) is 0 Å². The van der Waals surface area contributed by atoms with Crippen molar-refractivity contribution in [1.82, 2.24) is 10.6 Å². The van der Waals surface area contributed by atoms with Gasteiger partial charge >= 0.3 is 0 Å². The van der Waals surface area contributed by atoms with Gasteiger partial charge in [0.15, 0.2) is 0 Å². The first-order valence-electron chi connectivity index (χ1n) is 7.53. The number of benzene rings is 1. The fourth-order valence-corrected chi connectivity index (χ4v) is 3.82. The Morgan fingerprint density at radius 1 is 1.43 bits per heavy atom. The second-order valence-electron chi connectivity index (χ2n) is 6.13. The van der Waals surface area contributed by atoms with Crippen molar-refractivity contribution in [1.29, 1.82) is 0 Å². The van der Waals surface area contributed by atoms with Crippen LogP contribution in [-0.4, -0.2) is 18.0 Å². The smallest absolute Gasteiger partial charge is 0.228 e. The van der Waals surface area contributed by atoms with E-state index in [2.05, 4.69) is 10.6 Å². The van der Waals surface area contributed by atoms with Crippen molar-refractivity contribution in [3.63, 3.8) is 0 Å². The first-order chi connectivity index (χ1) is 10.0. The van der Waals surface area contributed by atoms with Crippen LogP contribution in [0.25, 0.3) is 0 Å². The molecule has 0 saturated carbocycles. The zero-order chi connectivity index (χ0) is 15.0. The summed E-state index contributed by atoms with van der Waals surface area (Å²) in [5.74, 6) is -1.25. The summed E-state index contributed by atoms with van der Waals surface area (Å²) in [6, 6.07) is 4.09. The molecule has 0 spiro atoms. The molecule has 2 aliphatic rings. The van der Waals surface area contributed by atoms with Gasteiger partial charge in [-0.15, -0.1) is 0 Å². The van der Waals surface area contributed by atoms with E-state index >= 15 is 0 Å². The van der Waals surface area contributed by atoms with E-state index < -0.39 is 11.6 Å². The van der Waals surface area contributed by atoms with Crippen molar-refractivity contribution in [2.24, 2.45) is 5.41 Å². The lowest BCUT2D eigenvalue weighted by Gasteiger charge is -2.34. The largest absolute Gasteiger partial charge is 0.351 e. The molecule has 0 aromatic heterocycles. The molecule has 114 valence electrons. The monoisotopic (exact) mass is 294 g/mol. The van der Waals surface area contributed by atoms with Crippen LogP contribution in [0, 0.1) is 17.0 Å². The van der Waals surface area contributed by atoms with E-state index in [0.717, 1.165) is 31.7 Å². The standard InChI is InChI=1S/C16H20F2N2O/c1-2-16(8-12-5-6-14(16)20-12)15(21)19-9-10-3-4-11(17)7-13(10)18/h3-4,7,12,14,20H,2,5-6,8-9H2,1H3,(H,19,21)/t12-,14+,16+/m0/s1. The molecule has 2 bridgehead atoms. The van der Waals surface area contributed by atoms with Gasteiger partial charge in [0.05, 0.1) is 5.41 Å². The van der Waals surface area contributed by atoms with Crippen LogP contribution in [-0.2, 0) is 11.3 Å². The van der Waals surface area contributed by atoms with E-state index in [1.807, 2.05) is 6.92 Å². The zero-order valence-electron chi connectivity index (χ0n) is 12.1. The summed E-state index contributed by atoms with van der Waals surface area (Å²) in [7, 11) is 0. The topological polar surface area (TPSA) is 41.1 Å². The van der Waals surface area contributed by atoms with Gasteiger partial charge in [0, 0.05) is 30.3 Å². The molecule has 1 amide bonds. The molecule has 3 atom stereocenters. The van der Waals surface area contributed by atoms with Gasteiger partial charge in [-0.3, -0.25) is 4.79 Å². The predicted octanol–water partition coefficient (Wildman–Crippen LogP) is 2.50. The molecule has 2 N–H and O–H groups in total. The number of hydrogen-bond acceptors (Lipinski definition) is 2. The minimum atomic E-state index is -0.619. The van der Waals surface area contributed by atoms with Gasteiger partial charge in [0.1, 0.15) is 11.6 Å². The number of carbonyl (C=O) groups excluding carboxylic acids is 1. The normalized spacial score (nSPS) is 30.6. The fourth-order valence-electron chi connectivity index (χ4n) is 3.82. The first kappa shape index (κ1) is 14.4. The lowest BCUT2D eigenvalue weighted by atomic mass is 9.71. The Morgan fingerprint density at radius 3 is 2.81 bits per heavy atom. The van der Waals surface area contributed by atoms with E-state index in [1.54, 1.807) is 0 Å². The third kappa shape index (κ3) is 2.44. The Labute approximate surface area is 123 Å². The van der Waals surface area contributed by atoms with Crippen LogP contribution in [0.3, 0.4) is 0 Å². The third-order valence-electron chi connectivity index (χ3n) is 5.06. The van der Waals surface area contributed by atoms with Crippen LogP contribution in [0.4, 0.5) is 8.78 Å². The molecule has 3 nitrogen and oxygen atoms in total. The van der Waals surface area contributed by atoms with E-state index in [1.165, 1.54) is 12.1 Å². The number of carbonyl (C=O) groups is 1. The maximum atomic E-state index is 13.6. The Kier molecular flexibility index (Phi) is 3.69. The van der Waals surface area contributed by atoms with Gasteiger partial charge in [0.25, 0.3) is 0 Å². The number of hydrogen-bond donors (Lipinski definition) is 2. The lowest BCUT2D eigenvalue weighted by molar-refractivity contribution is -0.132. The first-order valence-corrected chi connectivity index (χ1v) is 7.53. The minimum absolute atomic E-state index is 0.0200. The summed E-state index contributed by atoms with van der Waals surface area (Å²) in [4.78, 5) is 12.6. The highest BCUT2D eigenvalue weighted by Gasteiger charge is 2.54. The maximum Gasteiger partial charge on any atom is 0.228 e. The number of halogens is 2. The van der Waals surface area contributed by atoms with Crippen molar-refractivity contribution < 1.29 is 13.6 Å². The number of fused-ring (bicyclic) bond motifs is 2. The van der Waals surface area contributed by atoms with E-state index in [4.69, 9.17) is 0 Å². The van der Waals surface area contributed by atoms with Crippen LogP contribution >= 0.6 is 0 Å². The molecular formula is C16H20F2N2O. The lowest BCUT2D eigenvalue weighted by Crippen LogP contribution is -2.48. The van der Waals surface area contributed by atoms with E-state index in [0.29, 0.717) is 11.6 Å². The molecule has 2 saturated heterocycles. The molecule has 2 fully saturated rings. The summed E-state index contributed by atoms with van der Waals surface area (Å²) in [6.45, 7) is 2.13. The summed E-state index contributed by atoms with van der Waals surface area (Å²) >= 11 is 0. The van der Waals surface area contributed by atoms with Crippen molar-refractivity contribution >= 4 is 5.91 Å². The molecule has 1 aromatic rings. The Morgan fingerprint density at radius 2 is 2.24 bits per heavy atom. The average molecular weight is 294 g/mol. The highest BCUT2D eigenvalue weighted by atomic mass is 19.1. The van der Waals surface area contributed by atoms with Gasteiger partial charge in [0.2, 0.25) is 5.91 Å². The number of nitrogens with one attached hydrogen (secondary N) is 2. The highest BCUT2D eigenvalue weighted by molar-refractivity contribution is 5.84. The van der Waals surface area contributed by atoms with Gasteiger partial charge in [-0.2, -0.15) is 0 Å². The zero-order valence-corrected chi connectivity index (χ0v) is 12.1. The number of rotatable bonds is 4. The van der Waals surface area contributed by atoms with E-state index in [9.17, 15) is 13.6 Å². The van der Waals surface area contributed by atoms with Crippen molar-refractivity contribution in [2.75, 3.05) is 0 Å². The second-order valence-corrected chi connectivity index (χ2v) is 6.13. The molecule has 0 radical (unpaired) electrons. The Bertz CT molecular complexity index is 563. The SMILES string of the molecule is CC[C@@]1(C(=O)NCc2ccc(F)cc2F)C[C@@H]2CC[C@H]1N2. The van der Waals surface area contributed by atoms with Crippen molar-refractivity contribution in [3.05, 3.63) is 35.4 Å². The highest BCUT2D eigenvalue weighted by Crippen LogP contribution is 2.45. The molecule has 0 unspecified atom stereocenters. The molecule has 5 heteroatoms. The summed E-state index contributed by atoms with van der Waals surface area (Å²) < 4.78 is 26.5. The quantitative estimate of drug-likeness (QED) is 0.896. The fraction of sp³-hybridized carbons (Fsp3) is 0.562. The summed E-state index contributed by atoms with van der Waals surface area (Å²) in [6.07, 6.45) is 3.79. The maximum absolute atomic E-state index is 13.6. The van der Waals surface area contributed by atoms with Crippen molar-refractivity contribution in [2.45, 2.75) is 51.2 Å². The molecular weight excluding hydrogens is 274 g/mol. The molecule has 3 rings (SSSR count). The average Bonchev–Trinajstić information content (AvgIpc) is 3.07. The van der Waals surface area contributed by atoms with Crippen molar-refractivity contribution in [3.8, 4) is 0 Å². The Balaban J connectivity index is 1.68. The summed E-state index contributed by atoms with van der Waals surface area (Å²) in [5.41, 5.74) is -0.0634. The van der Waals surface area contributed by atoms with Crippen LogP contribution in [0.1, 0.15) is 38.2 Å². The van der Waals surface area contributed by atoms with Gasteiger partial charge in [-0.1, -0.05) is 13.0 Å². The van der Waals surface area contributed by atoms with Gasteiger partial charge < -0.3 is 10.6 Å². The minimum Gasteiger partial charge on any atom is -0.351 e. The van der Waals surface area contributed by atoms with Crippen LogP contribution in [0.5, 0.6) is 0 Å². The third-order valence-corrected chi connectivity index (χ3v) is 5.06. The van der Waals surface area contributed by atoms with Gasteiger partial charge in [-0.25, -0.2) is 8.78 Å². The summed E-state index contributed by atoms with van der Waals surface area (Å²) in [5, 5.41) is 6.32. The van der Waals surface area contributed by atoms with Gasteiger partial charge in [-0.05, 0) is 31.7 Å². The second kappa shape index (κ2) is 5.37. The predicted molar refractivity (Wildman–Crippen MR) is 75.5 cm³/mol. The Hall–Kier alpha value is -1.49. The van der Waals surface area contributed by atoms with Crippen LogP contribution < -0.4 is 10.6 Å². The molecule has 21 heavy (non-hydrogen) atoms. The number of amides is 1. The molecule has 1 aromatic carbocycles. The van der Waals surface area contributed by atoms with E-state index in [-0.39, 0.29) is 23.9 Å². The molecule has 2 heterocycles.